The van der Waals surface area contributed by atoms with Crippen LogP contribution in [0, 0.1) is 5.82 Å². The van der Waals surface area contributed by atoms with E-state index in [1.54, 1.807) is 6.92 Å². The van der Waals surface area contributed by atoms with Gasteiger partial charge in [0.2, 0.25) is 11.1 Å². The zero-order valence-electron chi connectivity index (χ0n) is 13.9. The van der Waals surface area contributed by atoms with Crippen molar-refractivity contribution in [2.75, 3.05) is 17.3 Å². The maximum absolute atomic E-state index is 13.0. The van der Waals surface area contributed by atoms with Crippen LogP contribution < -0.4 is 11.2 Å². The third kappa shape index (κ3) is 4.15. The van der Waals surface area contributed by atoms with E-state index < -0.39 is 15.1 Å². The number of benzene rings is 1. The first-order valence-electron chi connectivity index (χ1n) is 7.89. The molecule has 1 aromatic carbocycles. The molecule has 0 bridgehead atoms. The summed E-state index contributed by atoms with van der Waals surface area (Å²) in [4.78, 5) is 12.3. The first-order valence-corrected chi connectivity index (χ1v) is 10.6. The summed E-state index contributed by atoms with van der Waals surface area (Å²) in [5.74, 6) is 5.74. The highest BCUT2D eigenvalue weighted by Crippen LogP contribution is 2.25. The number of nitrogen functional groups attached to an aromatic ring is 1. The number of nitrogens with one attached hydrogen (secondary N) is 1. The highest BCUT2D eigenvalue weighted by atomic mass is 32.2. The average Bonchev–Trinajstić information content (AvgIpc) is 3.11. The number of carbonyl (C=O) groups excluding carboxylic acids is 1. The van der Waals surface area contributed by atoms with Gasteiger partial charge < -0.3 is 11.2 Å². The summed E-state index contributed by atoms with van der Waals surface area (Å²) in [6.45, 7) is 1.68. The van der Waals surface area contributed by atoms with Crippen LogP contribution >= 0.6 is 11.8 Å². The molecule has 0 radical (unpaired) electrons. The smallest absolute Gasteiger partial charge is 0.233 e. The number of hydrogen-bond acceptors (Lipinski definition) is 7. The number of amides is 1. The zero-order valence-corrected chi connectivity index (χ0v) is 15.6. The minimum Gasteiger partial charge on any atom is -0.351 e. The Kier molecular flexibility index (Phi) is 5.19. The van der Waals surface area contributed by atoms with Gasteiger partial charge in [-0.2, -0.15) is 0 Å². The van der Waals surface area contributed by atoms with E-state index in [4.69, 9.17) is 5.84 Å². The Morgan fingerprint density at radius 1 is 1.38 bits per heavy atom. The number of carbonyl (C=O) groups is 1. The molecule has 2 aromatic rings. The van der Waals surface area contributed by atoms with Gasteiger partial charge in [0.25, 0.3) is 0 Å². The molecule has 11 heteroatoms. The van der Waals surface area contributed by atoms with Gasteiger partial charge in [0.05, 0.1) is 16.8 Å². The molecule has 1 aromatic heterocycles. The lowest BCUT2D eigenvalue weighted by Gasteiger charge is -2.15. The van der Waals surface area contributed by atoms with Gasteiger partial charge in [-0.3, -0.25) is 4.79 Å². The van der Waals surface area contributed by atoms with Crippen molar-refractivity contribution in [2.24, 2.45) is 0 Å². The quantitative estimate of drug-likeness (QED) is 0.557. The van der Waals surface area contributed by atoms with Gasteiger partial charge in [0.1, 0.15) is 5.82 Å². The number of sulfone groups is 1. The fourth-order valence-corrected chi connectivity index (χ4v) is 5.04. The molecule has 3 rings (SSSR count). The molecule has 8 nitrogen and oxygen atoms in total. The molecular weight excluding hydrogens is 381 g/mol. The summed E-state index contributed by atoms with van der Waals surface area (Å²) in [6, 6.07) is 5.30. The lowest BCUT2D eigenvalue weighted by molar-refractivity contribution is -0.120. The van der Waals surface area contributed by atoms with Crippen molar-refractivity contribution in [3.05, 3.63) is 30.1 Å². The second-order valence-electron chi connectivity index (χ2n) is 6.05. The molecule has 140 valence electrons. The highest BCUT2D eigenvalue weighted by Gasteiger charge is 2.30. The average molecular weight is 399 g/mol. The molecule has 0 saturated carbocycles. The Balaban J connectivity index is 1.65. The van der Waals surface area contributed by atoms with Gasteiger partial charge in [0, 0.05) is 11.6 Å². The van der Waals surface area contributed by atoms with Gasteiger partial charge >= 0.3 is 0 Å². The van der Waals surface area contributed by atoms with Gasteiger partial charge in [-0.25, -0.2) is 17.5 Å². The fraction of sp³-hybridized carbons (Fsp3) is 0.400. The second-order valence-corrected chi connectivity index (χ2v) is 9.59. The summed E-state index contributed by atoms with van der Waals surface area (Å²) in [6.07, 6.45) is 0.424. The summed E-state index contributed by atoms with van der Waals surface area (Å²) in [5.41, 5.74) is 0.599. The molecule has 2 heterocycles. The normalized spacial score (nSPS) is 20.0. The van der Waals surface area contributed by atoms with Crippen LogP contribution in [0.3, 0.4) is 0 Å². The Labute approximate surface area is 154 Å². The van der Waals surface area contributed by atoms with E-state index in [2.05, 4.69) is 15.5 Å². The first-order chi connectivity index (χ1) is 12.2. The van der Waals surface area contributed by atoms with Gasteiger partial charge in [-0.15, -0.1) is 10.2 Å². The summed E-state index contributed by atoms with van der Waals surface area (Å²) in [5, 5.41) is 10.5. The van der Waals surface area contributed by atoms with Crippen LogP contribution in [0.25, 0.3) is 11.4 Å². The van der Waals surface area contributed by atoms with Crippen LogP contribution in [0.4, 0.5) is 4.39 Å². The number of rotatable bonds is 5. The topological polar surface area (TPSA) is 120 Å². The molecule has 1 aliphatic heterocycles. The van der Waals surface area contributed by atoms with E-state index >= 15 is 0 Å². The van der Waals surface area contributed by atoms with E-state index in [9.17, 15) is 17.6 Å². The molecule has 0 aliphatic carbocycles. The van der Waals surface area contributed by atoms with Crippen molar-refractivity contribution < 1.29 is 17.6 Å². The van der Waals surface area contributed by atoms with Crippen LogP contribution in [0.1, 0.15) is 13.3 Å². The summed E-state index contributed by atoms with van der Waals surface area (Å²) >= 11 is 1.11. The number of thioether (sulfide) groups is 1. The van der Waals surface area contributed by atoms with Crippen LogP contribution in [0.5, 0.6) is 0 Å². The predicted octanol–water partition coefficient (Wildman–Crippen LogP) is 0.582. The second kappa shape index (κ2) is 7.23. The van der Waals surface area contributed by atoms with Crippen molar-refractivity contribution in [3.63, 3.8) is 0 Å². The monoisotopic (exact) mass is 399 g/mol. The lowest BCUT2D eigenvalue weighted by atomic mass is 10.2. The van der Waals surface area contributed by atoms with Crippen LogP contribution in [-0.4, -0.2) is 52.0 Å². The molecule has 1 fully saturated rings. The van der Waals surface area contributed by atoms with Crippen molar-refractivity contribution in [3.8, 4) is 11.4 Å². The summed E-state index contributed by atoms with van der Waals surface area (Å²) < 4.78 is 37.2. The third-order valence-electron chi connectivity index (χ3n) is 4.00. The van der Waals surface area contributed by atoms with Crippen molar-refractivity contribution in [2.45, 2.75) is 29.8 Å². The standard InChI is InChI=1S/C15H18FN5O3S2/c1-9(14(22)18-12-6-7-26(23,24)8-12)25-15-20-19-13(21(15)17)10-2-4-11(16)5-3-10/h2-5,9,12H,6-8,17H2,1H3,(H,18,22)/t9-,12+/m0/s1. The van der Waals surface area contributed by atoms with Crippen molar-refractivity contribution in [1.82, 2.24) is 20.2 Å². The van der Waals surface area contributed by atoms with Gasteiger partial charge in [-0.05, 0) is 37.6 Å². The minimum atomic E-state index is -3.06. The molecule has 2 atom stereocenters. The molecule has 1 saturated heterocycles. The third-order valence-corrected chi connectivity index (χ3v) is 6.82. The number of nitrogens with two attached hydrogens (primary N) is 1. The van der Waals surface area contributed by atoms with E-state index in [-0.39, 0.29) is 29.3 Å². The Hall–Kier alpha value is -2.14. The number of halogens is 1. The van der Waals surface area contributed by atoms with E-state index in [0.29, 0.717) is 23.0 Å². The largest absolute Gasteiger partial charge is 0.351 e. The SMILES string of the molecule is C[C@H](Sc1nnc(-c2ccc(F)cc2)n1N)C(=O)N[C@@H]1CCS(=O)(=O)C1. The summed E-state index contributed by atoms with van der Waals surface area (Å²) in [7, 11) is -3.06. The highest BCUT2D eigenvalue weighted by molar-refractivity contribution is 8.00. The molecule has 26 heavy (non-hydrogen) atoms. The minimum absolute atomic E-state index is 0.0298. The molecular formula is C15H18FN5O3S2. The van der Waals surface area contributed by atoms with Gasteiger partial charge in [-0.1, -0.05) is 11.8 Å². The molecule has 1 aliphatic rings. The fourth-order valence-electron chi connectivity index (χ4n) is 2.59. The molecule has 1 amide bonds. The Morgan fingerprint density at radius 3 is 2.69 bits per heavy atom. The van der Waals surface area contributed by atoms with E-state index in [0.717, 1.165) is 11.8 Å². The van der Waals surface area contributed by atoms with E-state index in [1.165, 1.54) is 28.9 Å². The van der Waals surface area contributed by atoms with Crippen molar-refractivity contribution in [1.29, 1.82) is 0 Å². The first kappa shape index (κ1) is 18.6. The lowest BCUT2D eigenvalue weighted by Crippen LogP contribution is -2.40. The number of aromatic nitrogens is 3. The predicted molar refractivity (Wildman–Crippen MR) is 96.1 cm³/mol. The Bertz CT molecular complexity index is 914. The number of nitrogens with zero attached hydrogens (tertiary/aromatic N) is 3. The van der Waals surface area contributed by atoms with Crippen LogP contribution in [0.2, 0.25) is 0 Å². The van der Waals surface area contributed by atoms with Crippen LogP contribution in [0.15, 0.2) is 29.4 Å². The van der Waals surface area contributed by atoms with Gasteiger partial charge in [0.15, 0.2) is 15.7 Å². The molecule has 3 N–H and O–H groups in total. The molecule has 0 spiro atoms. The number of hydrogen-bond donors (Lipinski definition) is 2. The Morgan fingerprint density at radius 2 is 2.08 bits per heavy atom. The van der Waals surface area contributed by atoms with Crippen LogP contribution in [-0.2, 0) is 14.6 Å². The maximum atomic E-state index is 13.0. The van der Waals surface area contributed by atoms with E-state index in [1.807, 2.05) is 0 Å². The molecule has 0 unspecified atom stereocenters. The maximum Gasteiger partial charge on any atom is 0.233 e. The van der Waals surface area contributed by atoms with Crippen molar-refractivity contribution >= 4 is 27.5 Å². The zero-order chi connectivity index (χ0) is 18.9.